The van der Waals surface area contributed by atoms with Gasteiger partial charge in [0, 0.05) is 31.6 Å². The topological polar surface area (TPSA) is 74.7 Å². The van der Waals surface area contributed by atoms with E-state index in [-0.39, 0.29) is 6.42 Å². The molecule has 0 saturated carbocycles. The number of carboxylic acid groups (broad SMARTS) is 1. The van der Waals surface area contributed by atoms with Crippen LogP contribution in [0.25, 0.3) is 0 Å². The molecular weight excluding hydrogens is 254 g/mol. The first-order valence-corrected chi connectivity index (χ1v) is 6.82. The second-order valence-corrected chi connectivity index (χ2v) is 4.95. The van der Waals surface area contributed by atoms with Crippen molar-refractivity contribution in [1.82, 2.24) is 9.88 Å². The number of rotatable bonds is 6. The number of carboxylic acids is 1. The molecule has 6 nitrogen and oxygen atoms in total. The molecule has 1 aliphatic rings. The predicted molar refractivity (Wildman–Crippen MR) is 69.2 cm³/mol. The van der Waals surface area contributed by atoms with Gasteiger partial charge in [-0.25, -0.2) is 4.98 Å². The van der Waals surface area contributed by atoms with E-state index in [1.165, 1.54) is 11.3 Å². The molecule has 2 N–H and O–H groups in total. The Morgan fingerprint density at radius 3 is 3.06 bits per heavy atom. The number of nitrogens with one attached hydrogen (secondary N) is 1. The first-order valence-electron chi connectivity index (χ1n) is 5.94. The Morgan fingerprint density at radius 1 is 1.56 bits per heavy atom. The van der Waals surface area contributed by atoms with Gasteiger partial charge in [0.1, 0.15) is 0 Å². The molecule has 0 aliphatic carbocycles. The zero-order chi connectivity index (χ0) is 12.8. The molecule has 1 aliphatic heterocycles. The van der Waals surface area contributed by atoms with Crippen LogP contribution in [0.1, 0.15) is 5.69 Å². The molecule has 0 amide bonds. The summed E-state index contributed by atoms with van der Waals surface area (Å²) < 4.78 is 5.28. The van der Waals surface area contributed by atoms with Crippen LogP contribution in [0.15, 0.2) is 5.38 Å². The van der Waals surface area contributed by atoms with E-state index in [4.69, 9.17) is 9.84 Å². The van der Waals surface area contributed by atoms with Crippen LogP contribution in [0.3, 0.4) is 0 Å². The minimum absolute atomic E-state index is 0.0123. The lowest BCUT2D eigenvalue weighted by atomic mass is 10.3. The van der Waals surface area contributed by atoms with Crippen LogP contribution in [-0.2, 0) is 16.0 Å². The Bertz CT molecular complexity index is 391. The van der Waals surface area contributed by atoms with Crippen molar-refractivity contribution in [2.75, 3.05) is 44.7 Å². The summed E-state index contributed by atoms with van der Waals surface area (Å²) in [4.78, 5) is 17.1. The third-order valence-electron chi connectivity index (χ3n) is 2.69. The molecule has 1 aromatic rings. The van der Waals surface area contributed by atoms with Crippen molar-refractivity contribution in [3.63, 3.8) is 0 Å². The van der Waals surface area contributed by atoms with E-state index >= 15 is 0 Å². The highest BCUT2D eigenvalue weighted by Crippen LogP contribution is 2.15. The molecule has 0 atom stereocenters. The number of carbonyl (C=O) groups is 1. The van der Waals surface area contributed by atoms with Gasteiger partial charge in [-0.2, -0.15) is 0 Å². The first kappa shape index (κ1) is 13.3. The van der Waals surface area contributed by atoms with Crippen LogP contribution >= 0.6 is 11.3 Å². The standard InChI is InChI=1S/C11H17N3O3S/c15-10(16)7-9-8-18-11(13-9)12-1-2-14-3-5-17-6-4-14/h8H,1-7H2,(H,12,13)(H,15,16). The molecule has 1 fully saturated rings. The van der Waals surface area contributed by atoms with Gasteiger partial charge < -0.3 is 15.2 Å². The van der Waals surface area contributed by atoms with Gasteiger partial charge >= 0.3 is 5.97 Å². The lowest BCUT2D eigenvalue weighted by molar-refractivity contribution is -0.136. The number of thiazole rings is 1. The van der Waals surface area contributed by atoms with Gasteiger partial charge in [0.25, 0.3) is 0 Å². The molecule has 0 radical (unpaired) electrons. The normalized spacial score (nSPS) is 16.7. The first-order chi connectivity index (χ1) is 8.74. The lowest BCUT2D eigenvalue weighted by Gasteiger charge is -2.26. The van der Waals surface area contributed by atoms with Gasteiger partial charge in [-0.3, -0.25) is 9.69 Å². The van der Waals surface area contributed by atoms with Gasteiger partial charge in [0.2, 0.25) is 0 Å². The van der Waals surface area contributed by atoms with Crippen molar-refractivity contribution >= 4 is 22.4 Å². The quantitative estimate of drug-likeness (QED) is 0.785. The van der Waals surface area contributed by atoms with Crippen LogP contribution in [0, 0.1) is 0 Å². The molecule has 1 aromatic heterocycles. The summed E-state index contributed by atoms with van der Waals surface area (Å²) >= 11 is 1.45. The van der Waals surface area contributed by atoms with Crippen molar-refractivity contribution in [3.05, 3.63) is 11.1 Å². The molecular formula is C11H17N3O3S. The van der Waals surface area contributed by atoms with Crippen molar-refractivity contribution in [1.29, 1.82) is 0 Å². The van der Waals surface area contributed by atoms with Crippen molar-refractivity contribution in [2.24, 2.45) is 0 Å². The average molecular weight is 271 g/mol. The Labute approximate surface area is 110 Å². The Kier molecular flexibility index (Phi) is 4.91. The highest BCUT2D eigenvalue weighted by atomic mass is 32.1. The Morgan fingerprint density at radius 2 is 2.33 bits per heavy atom. The van der Waals surface area contributed by atoms with Crippen LogP contribution in [0.2, 0.25) is 0 Å². The number of hydrogen-bond donors (Lipinski definition) is 2. The number of hydrogen-bond acceptors (Lipinski definition) is 6. The predicted octanol–water partition coefficient (Wildman–Crippen LogP) is 0.514. The number of anilines is 1. The second-order valence-electron chi connectivity index (χ2n) is 4.10. The number of aliphatic carboxylic acids is 1. The highest BCUT2D eigenvalue weighted by molar-refractivity contribution is 7.13. The van der Waals surface area contributed by atoms with Crippen molar-refractivity contribution < 1.29 is 14.6 Å². The minimum Gasteiger partial charge on any atom is -0.481 e. The zero-order valence-electron chi connectivity index (χ0n) is 10.1. The molecule has 0 spiro atoms. The SMILES string of the molecule is O=C(O)Cc1csc(NCCN2CCOCC2)n1. The van der Waals surface area contributed by atoms with Gasteiger partial charge in [-0.15, -0.1) is 11.3 Å². The smallest absolute Gasteiger partial charge is 0.309 e. The fraction of sp³-hybridized carbons (Fsp3) is 0.636. The molecule has 0 unspecified atom stereocenters. The fourth-order valence-corrected chi connectivity index (χ4v) is 2.51. The van der Waals surface area contributed by atoms with E-state index in [0.29, 0.717) is 5.69 Å². The maximum absolute atomic E-state index is 10.5. The highest BCUT2D eigenvalue weighted by Gasteiger charge is 2.10. The minimum atomic E-state index is -0.847. The maximum atomic E-state index is 10.5. The summed E-state index contributed by atoms with van der Waals surface area (Å²) in [5.74, 6) is -0.847. The van der Waals surface area contributed by atoms with E-state index in [1.54, 1.807) is 5.38 Å². The molecule has 2 rings (SSSR count). The van der Waals surface area contributed by atoms with Gasteiger partial charge in [0.05, 0.1) is 25.3 Å². The fourth-order valence-electron chi connectivity index (χ4n) is 1.77. The van der Waals surface area contributed by atoms with Crippen LogP contribution in [-0.4, -0.2) is 60.4 Å². The molecule has 2 heterocycles. The summed E-state index contributed by atoms with van der Waals surface area (Å²) in [6, 6.07) is 0. The summed E-state index contributed by atoms with van der Waals surface area (Å²) in [6.45, 7) is 5.34. The molecule has 0 aromatic carbocycles. The average Bonchev–Trinajstić information content (AvgIpc) is 2.77. The van der Waals surface area contributed by atoms with Crippen LogP contribution < -0.4 is 5.32 Å². The van der Waals surface area contributed by atoms with Crippen LogP contribution in [0.4, 0.5) is 5.13 Å². The van der Waals surface area contributed by atoms with Crippen molar-refractivity contribution in [2.45, 2.75) is 6.42 Å². The summed E-state index contributed by atoms with van der Waals surface area (Å²) in [5, 5.41) is 14.4. The van der Waals surface area contributed by atoms with E-state index in [2.05, 4.69) is 15.2 Å². The van der Waals surface area contributed by atoms with Gasteiger partial charge in [0.15, 0.2) is 5.13 Å². The number of nitrogens with zero attached hydrogens (tertiary/aromatic N) is 2. The summed E-state index contributed by atoms with van der Waals surface area (Å²) in [7, 11) is 0. The number of morpholine rings is 1. The monoisotopic (exact) mass is 271 g/mol. The lowest BCUT2D eigenvalue weighted by Crippen LogP contribution is -2.38. The third-order valence-corrected chi connectivity index (χ3v) is 3.54. The molecule has 1 saturated heterocycles. The number of ether oxygens (including phenoxy) is 1. The molecule has 7 heteroatoms. The summed E-state index contributed by atoms with van der Waals surface area (Å²) in [5.41, 5.74) is 0.612. The van der Waals surface area contributed by atoms with E-state index in [1.807, 2.05) is 0 Å². The van der Waals surface area contributed by atoms with Gasteiger partial charge in [-0.05, 0) is 0 Å². The van der Waals surface area contributed by atoms with Crippen LogP contribution in [0.5, 0.6) is 0 Å². The Hall–Kier alpha value is -1.18. The number of aromatic nitrogens is 1. The molecule has 18 heavy (non-hydrogen) atoms. The molecule has 100 valence electrons. The van der Waals surface area contributed by atoms with E-state index in [9.17, 15) is 4.79 Å². The largest absolute Gasteiger partial charge is 0.481 e. The maximum Gasteiger partial charge on any atom is 0.309 e. The molecule has 0 bridgehead atoms. The van der Waals surface area contributed by atoms with Crippen molar-refractivity contribution in [3.8, 4) is 0 Å². The Balaban J connectivity index is 1.69. The third kappa shape index (κ3) is 4.25. The van der Waals surface area contributed by atoms with Gasteiger partial charge in [-0.1, -0.05) is 0 Å². The zero-order valence-corrected chi connectivity index (χ0v) is 10.9. The second kappa shape index (κ2) is 6.67. The van der Waals surface area contributed by atoms with E-state index in [0.717, 1.165) is 44.5 Å². The van der Waals surface area contributed by atoms with E-state index < -0.39 is 5.97 Å². The summed E-state index contributed by atoms with van der Waals surface area (Å²) in [6.07, 6.45) is -0.0123.